The van der Waals surface area contributed by atoms with Gasteiger partial charge in [-0.1, -0.05) is 37.3 Å². The van der Waals surface area contributed by atoms with Crippen LogP contribution < -0.4 is 4.74 Å². The van der Waals surface area contributed by atoms with Gasteiger partial charge in [0.15, 0.2) is 16.6 Å². The van der Waals surface area contributed by atoms with Gasteiger partial charge in [0.05, 0.1) is 11.5 Å². The summed E-state index contributed by atoms with van der Waals surface area (Å²) in [5, 5.41) is 9.48. The third-order valence-electron chi connectivity index (χ3n) is 4.93. The van der Waals surface area contributed by atoms with Gasteiger partial charge < -0.3 is 13.0 Å². The Bertz CT molecular complexity index is 1160. The van der Waals surface area contributed by atoms with Gasteiger partial charge in [0, 0.05) is 0 Å². The van der Waals surface area contributed by atoms with Crippen molar-refractivity contribution in [2.45, 2.75) is 63.7 Å². The highest BCUT2D eigenvalue weighted by atomic mass is 32.2. The fraction of sp³-hybridized carbons (Fsp3) is 0.423. The highest BCUT2D eigenvalue weighted by Gasteiger charge is 2.41. The van der Waals surface area contributed by atoms with Crippen LogP contribution in [0.3, 0.4) is 0 Å². The van der Waals surface area contributed by atoms with Crippen molar-refractivity contribution in [2.75, 3.05) is 6.61 Å². The summed E-state index contributed by atoms with van der Waals surface area (Å²) in [6, 6.07) is 17.7. The maximum atomic E-state index is 12.8. The first-order valence-electron chi connectivity index (χ1n) is 12.1. The molecule has 0 N–H and O–H groups in total. The molecule has 1 unspecified atom stereocenters. The zero-order valence-electron chi connectivity index (χ0n) is 22.7. The van der Waals surface area contributed by atoms with Crippen LogP contribution in [0.25, 0.3) is 6.08 Å². The quantitative estimate of drug-likeness (QED) is 0.209. The number of allylic oxidation sites excluding steroid dienone is 1. The van der Waals surface area contributed by atoms with Gasteiger partial charge in [-0.25, -0.2) is 8.42 Å². The summed E-state index contributed by atoms with van der Waals surface area (Å²) in [5.41, 5.74) is 0.610. The highest BCUT2D eigenvalue weighted by Crippen LogP contribution is 2.28. The number of sulfone groups is 1. The molecule has 0 heterocycles. The molecular weight excluding hydrogens is 523 g/mol. The van der Waals surface area contributed by atoms with E-state index < -0.39 is 35.0 Å². The molecule has 0 aliphatic rings. The monoisotopic (exact) mass is 561 g/mol. The third kappa shape index (κ3) is 9.80. The van der Waals surface area contributed by atoms with Gasteiger partial charge in [-0.15, -0.1) is 0 Å². The molecule has 36 heavy (non-hydrogen) atoms. The Hall–Kier alpha value is -2.01. The molecule has 0 spiro atoms. The molecule has 0 aliphatic carbocycles. The van der Waals surface area contributed by atoms with E-state index >= 15 is 0 Å². The van der Waals surface area contributed by atoms with Crippen LogP contribution in [0.2, 0.25) is 51.9 Å². The van der Waals surface area contributed by atoms with Gasteiger partial charge in [-0.3, -0.25) is 0 Å². The van der Waals surface area contributed by atoms with E-state index in [0.29, 0.717) is 17.9 Å². The number of nitrogens with zero attached hydrogens (tertiary/aromatic N) is 1. The summed E-state index contributed by atoms with van der Waals surface area (Å²) in [7, 11) is -9.74. The highest BCUT2D eigenvalue weighted by molar-refractivity contribution is 7.95. The Morgan fingerprint density at radius 3 is 1.92 bits per heavy atom. The van der Waals surface area contributed by atoms with Crippen LogP contribution in [0.1, 0.15) is 12.5 Å². The third-order valence-corrected chi connectivity index (χ3v) is 16.4. The van der Waals surface area contributed by atoms with Gasteiger partial charge in [0.25, 0.3) is 0 Å². The van der Waals surface area contributed by atoms with Crippen molar-refractivity contribution < 1.29 is 21.4 Å². The van der Waals surface area contributed by atoms with Crippen molar-refractivity contribution in [1.29, 1.82) is 5.26 Å². The van der Waals surface area contributed by atoms with E-state index in [1.165, 1.54) is 18.2 Å². The smallest absolute Gasteiger partial charge is 0.314 e. The fourth-order valence-corrected chi connectivity index (χ4v) is 18.2. The lowest BCUT2D eigenvalue weighted by Crippen LogP contribution is -2.53. The minimum absolute atomic E-state index is 0.0958. The minimum Gasteiger partial charge on any atom is -0.493 e. The summed E-state index contributed by atoms with van der Waals surface area (Å²) >= 11 is 0. The molecule has 0 radical (unpaired) electrons. The molecule has 2 rings (SSSR count). The lowest BCUT2D eigenvalue weighted by molar-refractivity contribution is 0.258. The predicted molar refractivity (Wildman–Crippen MR) is 154 cm³/mol. The molecule has 0 amide bonds. The summed E-state index contributed by atoms with van der Waals surface area (Å²) < 4.78 is 44.8. The van der Waals surface area contributed by atoms with Crippen LogP contribution in [0.5, 0.6) is 5.75 Å². The number of rotatable bonds is 12. The Balaban J connectivity index is 2.08. The summed E-state index contributed by atoms with van der Waals surface area (Å²) in [5.74, 6) is 0.930. The molecule has 0 saturated carbocycles. The molecule has 196 valence electrons. The van der Waals surface area contributed by atoms with E-state index in [9.17, 15) is 13.7 Å². The summed E-state index contributed by atoms with van der Waals surface area (Å²) in [4.78, 5) is -0.205. The normalized spacial score (nSPS) is 14.2. The van der Waals surface area contributed by atoms with E-state index in [-0.39, 0.29) is 15.7 Å². The molecule has 0 aromatic heterocycles. The first-order chi connectivity index (χ1) is 16.5. The largest absolute Gasteiger partial charge is 0.493 e. The van der Waals surface area contributed by atoms with Crippen LogP contribution in [-0.2, 0) is 18.1 Å². The second-order valence-electron chi connectivity index (χ2n) is 11.2. The minimum atomic E-state index is -3.87. The lowest BCUT2D eigenvalue weighted by Gasteiger charge is -2.39. The number of benzene rings is 2. The molecule has 0 fully saturated rings. The van der Waals surface area contributed by atoms with Crippen molar-refractivity contribution >= 4 is 41.1 Å². The van der Waals surface area contributed by atoms with Crippen molar-refractivity contribution in [3.8, 4) is 11.8 Å². The van der Waals surface area contributed by atoms with Gasteiger partial charge in [-0.05, 0) is 93.7 Å². The zero-order chi connectivity index (χ0) is 27.2. The van der Waals surface area contributed by atoms with E-state index in [1.54, 1.807) is 42.5 Å². The molecule has 0 saturated heterocycles. The summed E-state index contributed by atoms with van der Waals surface area (Å²) in [6.45, 7) is 18.1. The van der Waals surface area contributed by atoms with Gasteiger partial charge in [-0.2, -0.15) is 5.26 Å². The number of ether oxygens (including phenoxy) is 1. The second-order valence-corrected chi connectivity index (χ2v) is 25.9. The van der Waals surface area contributed by atoms with E-state index in [1.807, 2.05) is 6.07 Å². The first kappa shape index (κ1) is 30.2. The van der Waals surface area contributed by atoms with Crippen LogP contribution >= 0.6 is 0 Å². The molecule has 6 nitrogen and oxygen atoms in total. The van der Waals surface area contributed by atoms with Crippen LogP contribution in [0.15, 0.2) is 64.4 Å². The Morgan fingerprint density at radius 2 is 1.44 bits per heavy atom. The van der Waals surface area contributed by atoms with E-state index in [0.717, 1.165) is 6.04 Å². The van der Waals surface area contributed by atoms with Crippen molar-refractivity contribution in [3.05, 3.63) is 65.1 Å². The molecule has 2 aromatic rings. The molecule has 10 heteroatoms. The summed E-state index contributed by atoms with van der Waals surface area (Å²) in [6.07, 6.45) is 1.38. The van der Waals surface area contributed by atoms with Crippen LogP contribution in [0.4, 0.5) is 0 Å². The average Bonchev–Trinajstić information content (AvgIpc) is 2.74. The SMILES string of the molecule is CC(COc1ccc(C=C(C#N)S(=O)(=O)c2ccccc2)cc1)C[Si](C)(O[Si](C)(C)C)O[Si](C)(C)C. The maximum absolute atomic E-state index is 12.8. The van der Waals surface area contributed by atoms with Gasteiger partial charge in [0.1, 0.15) is 16.7 Å². The van der Waals surface area contributed by atoms with Crippen molar-refractivity contribution in [3.63, 3.8) is 0 Å². The first-order valence-corrected chi connectivity index (χ1v) is 22.9. The average molecular weight is 562 g/mol. The van der Waals surface area contributed by atoms with Crippen molar-refractivity contribution in [2.24, 2.45) is 5.92 Å². The zero-order valence-corrected chi connectivity index (χ0v) is 26.5. The standard InChI is InChI=1S/C26H39NO5SSi3/c1-22(21-36(8,31-34(2,3)4)32-35(5,6)7)20-30-24-16-14-23(15-17-24)18-26(19-27)33(28,29)25-12-10-9-11-13-25/h9-18,22H,20-21H2,1-8H3. The second kappa shape index (κ2) is 12.0. The number of nitriles is 1. The number of hydrogen-bond donors (Lipinski definition) is 0. The topological polar surface area (TPSA) is 85.6 Å². The molecule has 1 atom stereocenters. The molecular formula is C26H39NO5SSi3. The predicted octanol–water partition coefficient (Wildman–Crippen LogP) is 6.81. The van der Waals surface area contributed by atoms with E-state index in [2.05, 4.69) is 52.8 Å². The van der Waals surface area contributed by atoms with Crippen LogP contribution in [-0.4, -0.2) is 40.2 Å². The Morgan fingerprint density at radius 1 is 0.917 bits per heavy atom. The molecule has 0 bridgehead atoms. The van der Waals surface area contributed by atoms with Crippen LogP contribution in [0, 0.1) is 17.2 Å². The van der Waals surface area contributed by atoms with Gasteiger partial charge in [0.2, 0.25) is 9.84 Å². The maximum Gasteiger partial charge on any atom is 0.314 e. The Kier molecular flexibility index (Phi) is 10.1. The lowest BCUT2D eigenvalue weighted by atomic mass is 10.2. The van der Waals surface area contributed by atoms with E-state index in [4.69, 9.17) is 13.0 Å². The molecule has 0 aliphatic heterocycles. The molecule has 2 aromatic carbocycles. The number of hydrogen-bond acceptors (Lipinski definition) is 6. The fourth-order valence-electron chi connectivity index (χ4n) is 4.04. The van der Waals surface area contributed by atoms with Crippen molar-refractivity contribution in [1.82, 2.24) is 0 Å². The Labute approximate surface area is 220 Å². The van der Waals surface area contributed by atoms with Gasteiger partial charge >= 0.3 is 8.56 Å².